The third-order valence-corrected chi connectivity index (χ3v) is 9.59. The first-order chi connectivity index (χ1) is 12.1. The van der Waals surface area contributed by atoms with Crippen molar-refractivity contribution in [1.29, 1.82) is 0 Å². The summed E-state index contributed by atoms with van der Waals surface area (Å²) in [5, 5.41) is 8.21. The Morgan fingerprint density at radius 1 is 0.840 bits per heavy atom. The van der Waals surface area contributed by atoms with Gasteiger partial charge in [-0.2, -0.15) is 10.2 Å². The van der Waals surface area contributed by atoms with Crippen molar-refractivity contribution >= 4 is 0 Å². The lowest BCUT2D eigenvalue weighted by molar-refractivity contribution is -0.105. The minimum Gasteiger partial charge on any atom is -0.159 e. The van der Waals surface area contributed by atoms with Crippen molar-refractivity contribution in [2.24, 2.45) is 34.5 Å². The molecule has 0 spiro atoms. The Bertz CT molecular complexity index is 628. The fraction of sp³-hybridized carbons (Fsp3) is 0.826. The van der Waals surface area contributed by atoms with Crippen LogP contribution in [-0.4, -0.2) is 10.2 Å². The molecule has 0 aromatic carbocycles. The normalized spacial score (nSPS) is 49.1. The summed E-state index contributed by atoms with van der Waals surface area (Å²) in [6, 6.07) is 2.23. The zero-order chi connectivity index (χ0) is 17.1. The van der Waals surface area contributed by atoms with E-state index in [0.717, 1.165) is 23.7 Å². The van der Waals surface area contributed by atoms with Crippen molar-refractivity contribution in [3.63, 3.8) is 0 Å². The van der Waals surface area contributed by atoms with Crippen molar-refractivity contribution in [2.75, 3.05) is 0 Å². The molecule has 7 atom stereocenters. The largest absolute Gasteiger partial charge is 0.159 e. The minimum absolute atomic E-state index is 0.502. The molecule has 1 aromatic heterocycles. The summed E-state index contributed by atoms with van der Waals surface area (Å²) in [5.41, 5.74) is 2.62. The first-order valence-electron chi connectivity index (χ1n) is 10.9. The van der Waals surface area contributed by atoms with Crippen molar-refractivity contribution in [1.82, 2.24) is 10.2 Å². The quantitative estimate of drug-likeness (QED) is 0.628. The van der Waals surface area contributed by atoms with E-state index in [2.05, 4.69) is 30.1 Å². The van der Waals surface area contributed by atoms with Crippen LogP contribution in [0.25, 0.3) is 0 Å². The van der Waals surface area contributed by atoms with E-state index in [9.17, 15) is 0 Å². The third kappa shape index (κ3) is 2.28. The van der Waals surface area contributed by atoms with E-state index in [4.69, 9.17) is 0 Å². The molecule has 0 aliphatic heterocycles. The molecule has 0 saturated heterocycles. The van der Waals surface area contributed by atoms with Crippen LogP contribution in [0.3, 0.4) is 0 Å². The molecule has 0 radical (unpaired) electrons. The number of hydrogen-bond donors (Lipinski definition) is 0. The first kappa shape index (κ1) is 16.3. The Labute approximate surface area is 153 Å². The lowest BCUT2D eigenvalue weighted by atomic mass is 9.45. The van der Waals surface area contributed by atoms with Gasteiger partial charge in [0.15, 0.2) is 0 Å². The molecule has 4 saturated carbocycles. The average Bonchev–Trinajstić information content (AvgIpc) is 2.99. The standard InChI is InChI=1S/C23H34N2/c1-22-12-4-3-5-17(22)6-7-18-20-9-8-19(16-11-14-24-25-15-16)23(20,2)13-10-21(18)22/h11,14-15,17-21H,3-10,12-13H2,1-2H3/t17-,18-,19+,20+,21-,22-,23+/m0/s1. The van der Waals surface area contributed by atoms with E-state index < -0.39 is 0 Å². The molecule has 2 heteroatoms. The van der Waals surface area contributed by atoms with E-state index in [1.807, 2.05) is 12.4 Å². The second kappa shape index (κ2) is 5.79. The highest BCUT2D eigenvalue weighted by atomic mass is 15.1. The zero-order valence-corrected chi connectivity index (χ0v) is 16.1. The molecule has 4 aliphatic carbocycles. The van der Waals surface area contributed by atoms with Gasteiger partial charge in [0, 0.05) is 6.20 Å². The first-order valence-corrected chi connectivity index (χ1v) is 10.9. The predicted octanol–water partition coefficient (Wildman–Crippen LogP) is 5.99. The molecule has 1 aromatic rings. The van der Waals surface area contributed by atoms with E-state index in [-0.39, 0.29) is 0 Å². The summed E-state index contributed by atoms with van der Waals surface area (Å²) in [4.78, 5) is 0. The molecular weight excluding hydrogens is 304 g/mol. The molecular formula is C23H34N2. The van der Waals surface area contributed by atoms with Gasteiger partial charge in [-0.3, -0.25) is 0 Å². The Morgan fingerprint density at radius 2 is 1.72 bits per heavy atom. The molecule has 0 amide bonds. The monoisotopic (exact) mass is 338 g/mol. The lowest BCUT2D eigenvalue weighted by Crippen LogP contribution is -2.52. The Morgan fingerprint density at radius 3 is 2.56 bits per heavy atom. The van der Waals surface area contributed by atoms with E-state index >= 15 is 0 Å². The molecule has 25 heavy (non-hydrogen) atoms. The number of rotatable bonds is 1. The zero-order valence-electron chi connectivity index (χ0n) is 16.1. The lowest BCUT2D eigenvalue weighted by Gasteiger charge is -2.60. The summed E-state index contributed by atoms with van der Waals surface area (Å²) < 4.78 is 0. The highest BCUT2D eigenvalue weighted by Gasteiger charge is 2.59. The van der Waals surface area contributed by atoms with Crippen LogP contribution >= 0.6 is 0 Å². The average molecular weight is 339 g/mol. The Balaban J connectivity index is 1.45. The van der Waals surface area contributed by atoms with Crippen LogP contribution in [-0.2, 0) is 0 Å². The molecule has 0 unspecified atom stereocenters. The summed E-state index contributed by atoms with van der Waals surface area (Å²) in [7, 11) is 0. The predicted molar refractivity (Wildman–Crippen MR) is 101 cm³/mol. The van der Waals surface area contributed by atoms with Gasteiger partial charge >= 0.3 is 0 Å². The van der Waals surface area contributed by atoms with Crippen molar-refractivity contribution in [3.05, 3.63) is 24.0 Å². The van der Waals surface area contributed by atoms with Gasteiger partial charge in [-0.25, -0.2) is 0 Å². The maximum atomic E-state index is 4.19. The smallest absolute Gasteiger partial charge is 0.0531 e. The fourth-order valence-corrected chi connectivity index (χ4v) is 8.35. The molecule has 4 fully saturated rings. The van der Waals surface area contributed by atoms with E-state index in [0.29, 0.717) is 16.7 Å². The molecule has 0 bridgehead atoms. The fourth-order valence-electron chi connectivity index (χ4n) is 8.35. The summed E-state index contributed by atoms with van der Waals surface area (Å²) in [6.45, 7) is 5.32. The van der Waals surface area contributed by atoms with Crippen LogP contribution in [0.4, 0.5) is 0 Å². The van der Waals surface area contributed by atoms with Gasteiger partial charge in [-0.05, 0) is 103 Å². The van der Waals surface area contributed by atoms with Gasteiger partial charge in [-0.1, -0.05) is 26.7 Å². The number of aromatic nitrogens is 2. The van der Waals surface area contributed by atoms with Crippen molar-refractivity contribution in [2.45, 2.75) is 84.0 Å². The van der Waals surface area contributed by atoms with Gasteiger partial charge < -0.3 is 0 Å². The van der Waals surface area contributed by atoms with Gasteiger partial charge in [-0.15, -0.1) is 0 Å². The molecule has 4 aliphatic rings. The Hall–Kier alpha value is -0.920. The van der Waals surface area contributed by atoms with Crippen LogP contribution in [0.2, 0.25) is 0 Å². The van der Waals surface area contributed by atoms with Gasteiger partial charge in [0.1, 0.15) is 0 Å². The second-order valence-corrected chi connectivity index (χ2v) is 10.3. The molecule has 5 rings (SSSR count). The summed E-state index contributed by atoms with van der Waals surface area (Å²) in [6.07, 6.45) is 18.7. The highest BCUT2D eigenvalue weighted by Crippen LogP contribution is 2.68. The second-order valence-electron chi connectivity index (χ2n) is 10.3. The molecule has 1 heterocycles. The number of fused-ring (bicyclic) bond motifs is 5. The van der Waals surface area contributed by atoms with Crippen LogP contribution in [0.5, 0.6) is 0 Å². The third-order valence-electron chi connectivity index (χ3n) is 9.59. The summed E-state index contributed by atoms with van der Waals surface area (Å²) >= 11 is 0. The highest BCUT2D eigenvalue weighted by molar-refractivity contribution is 5.22. The molecule has 2 nitrogen and oxygen atoms in total. The molecule has 136 valence electrons. The maximum absolute atomic E-state index is 4.19. The van der Waals surface area contributed by atoms with Crippen molar-refractivity contribution < 1.29 is 0 Å². The maximum Gasteiger partial charge on any atom is 0.0531 e. The van der Waals surface area contributed by atoms with Crippen LogP contribution in [0.15, 0.2) is 18.5 Å². The van der Waals surface area contributed by atoms with Gasteiger partial charge in [0.25, 0.3) is 0 Å². The van der Waals surface area contributed by atoms with Crippen LogP contribution in [0, 0.1) is 34.5 Å². The summed E-state index contributed by atoms with van der Waals surface area (Å²) in [5.74, 6) is 4.71. The molecule has 0 N–H and O–H groups in total. The van der Waals surface area contributed by atoms with Gasteiger partial charge in [0.2, 0.25) is 0 Å². The van der Waals surface area contributed by atoms with Crippen LogP contribution in [0.1, 0.15) is 89.5 Å². The minimum atomic E-state index is 0.502. The Kier molecular flexibility index (Phi) is 3.77. The number of hydrogen-bond acceptors (Lipinski definition) is 2. The van der Waals surface area contributed by atoms with E-state index in [1.165, 1.54) is 69.8 Å². The SMILES string of the molecule is C[C@]12CCCC[C@H]1CC[C@H]1[C@H]3CC[C@H](c4ccnnc4)[C@@]3(C)CC[C@@H]12. The van der Waals surface area contributed by atoms with Crippen molar-refractivity contribution in [3.8, 4) is 0 Å². The van der Waals surface area contributed by atoms with E-state index in [1.54, 1.807) is 0 Å². The van der Waals surface area contributed by atoms with Gasteiger partial charge in [0.05, 0.1) is 6.20 Å². The number of nitrogens with zero attached hydrogens (tertiary/aromatic N) is 2. The van der Waals surface area contributed by atoms with Crippen LogP contribution < -0.4 is 0 Å². The topological polar surface area (TPSA) is 25.8 Å².